The third-order valence-electron chi connectivity index (χ3n) is 9.01. The molecule has 1 saturated heterocycles. The summed E-state index contributed by atoms with van der Waals surface area (Å²) in [6, 6.07) is 6.96. The van der Waals surface area contributed by atoms with Crippen LogP contribution in [-0.4, -0.2) is 94.8 Å². The van der Waals surface area contributed by atoms with Gasteiger partial charge in [0.05, 0.1) is 54.8 Å². The highest BCUT2D eigenvalue weighted by atomic mass is 16.5. The van der Waals surface area contributed by atoms with Crippen LogP contribution in [0.5, 0.6) is 0 Å². The number of nitrogens with one attached hydrogen (secondary N) is 1. The van der Waals surface area contributed by atoms with E-state index >= 15 is 0 Å². The van der Waals surface area contributed by atoms with Crippen LogP contribution in [0.1, 0.15) is 78.9 Å². The molecule has 1 aliphatic rings. The molecular weight excluding hydrogens is 536 g/mol. The molecule has 2 rings (SSSR count). The molecule has 1 heterocycles. The second-order valence-corrected chi connectivity index (χ2v) is 12.3. The van der Waals surface area contributed by atoms with Crippen LogP contribution in [0.4, 0.5) is 0 Å². The quantitative estimate of drug-likeness (QED) is 0.246. The number of carbonyl (C=O) groups excluding carboxylic acids is 3. The van der Waals surface area contributed by atoms with E-state index in [1.54, 1.807) is 49.9 Å². The van der Waals surface area contributed by atoms with E-state index in [-0.39, 0.29) is 36.1 Å². The van der Waals surface area contributed by atoms with E-state index < -0.39 is 48.3 Å². The van der Waals surface area contributed by atoms with Crippen LogP contribution in [0.3, 0.4) is 0 Å². The molecule has 1 aromatic rings. The van der Waals surface area contributed by atoms with E-state index in [0.717, 1.165) is 6.42 Å². The van der Waals surface area contributed by atoms with Crippen molar-refractivity contribution in [3.05, 3.63) is 35.9 Å². The third-order valence-corrected chi connectivity index (χ3v) is 9.01. The monoisotopic (exact) mass is 590 g/mol. The van der Waals surface area contributed by atoms with Crippen LogP contribution in [0.25, 0.3) is 0 Å². The molecule has 1 unspecified atom stereocenters. The predicted molar refractivity (Wildman–Crippen MR) is 163 cm³/mol. The Labute approximate surface area is 252 Å². The minimum Gasteiger partial charge on any atom is -0.390 e. The molecule has 5 N–H and O–H groups in total. The Balaban J connectivity index is 2.12. The fraction of sp³-hybridized carbons (Fsp3) is 0.719. The Kier molecular flexibility index (Phi) is 13.9. The van der Waals surface area contributed by atoms with Crippen molar-refractivity contribution in [3.8, 4) is 0 Å². The fourth-order valence-electron chi connectivity index (χ4n) is 5.86. The number of aliphatic hydroxyl groups is 2. The van der Waals surface area contributed by atoms with Gasteiger partial charge in [-0.05, 0) is 37.2 Å². The molecule has 0 saturated carbocycles. The van der Waals surface area contributed by atoms with Gasteiger partial charge in [-0.1, -0.05) is 71.4 Å². The first kappa shape index (κ1) is 35.7. The van der Waals surface area contributed by atoms with E-state index in [1.807, 2.05) is 45.9 Å². The molecule has 0 aromatic heterocycles. The average molecular weight is 591 g/mol. The number of methoxy groups -OCH3 is 1. The largest absolute Gasteiger partial charge is 0.390 e. The molecule has 0 bridgehead atoms. The van der Waals surface area contributed by atoms with Gasteiger partial charge in [0.25, 0.3) is 0 Å². The van der Waals surface area contributed by atoms with Crippen LogP contribution in [-0.2, 0) is 19.1 Å². The molecule has 0 spiro atoms. The van der Waals surface area contributed by atoms with Gasteiger partial charge in [0.2, 0.25) is 17.7 Å². The van der Waals surface area contributed by atoms with Gasteiger partial charge in [0.1, 0.15) is 0 Å². The Morgan fingerprint density at radius 1 is 1.12 bits per heavy atom. The van der Waals surface area contributed by atoms with E-state index in [0.29, 0.717) is 24.9 Å². The first-order valence-electron chi connectivity index (χ1n) is 15.3. The smallest absolute Gasteiger partial charge is 0.239 e. The van der Waals surface area contributed by atoms with Crippen molar-refractivity contribution in [2.24, 2.45) is 23.5 Å². The molecule has 1 aliphatic heterocycles. The van der Waals surface area contributed by atoms with E-state index in [1.165, 1.54) is 0 Å². The van der Waals surface area contributed by atoms with Crippen molar-refractivity contribution in [1.29, 1.82) is 0 Å². The number of carbonyl (C=O) groups is 3. The fourth-order valence-corrected chi connectivity index (χ4v) is 5.86. The standard InChI is InChI=1S/C32H54N4O6/c1-9-20(4)28(35(7)32(41)27(33)19(2)3)25(42-8)18-26(37)36-17-13-16-24(36)29(38)21(5)31(40)34-22(6)30(39)23-14-11-10-12-15-23/h10-12,14-15,19-22,24-25,27-30,38-39H,9,13,16-18,33H2,1-8H3,(H,34,40)/t20-,21+,22+,24-,25+,27-,28-,29+,30?/m0/s1. The second-order valence-electron chi connectivity index (χ2n) is 12.3. The van der Waals surface area contributed by atoms with Gasteiger partial charge < -0.3 is 35.8 Å². The summed E-state index contributed by atoms with van der Waals surface area (Å²) < 4.78 is 5.83. The molecule has 10 nitrogen and oxygen atoms in total. The zero-order chi connectivity index (χ0) is 31.7. The number of hydrogen-bond acceptors (Lipinski definition) is 7. The van der Waals surface area contributed by atoms with E-state index in [4.69, 9.17) is 10.5 Å². The number of nitrogens with zero attached hydrogens (tertiary/aromatic N) is 2. The molecule has 1 aromatic carbocycles. The summed E-state index contributed by atoms with van der Waals surface area (Å²) in [6.45, 7) is 11.7. The van der Waals surface area contributed by atoms with Crippen LogP contribution < -0.4 is 11.1 Å². The first-order chi connectivity index (χ1) is 19.8. The van der Waals surface area contributed by atoms with Crippen molar-refractivity contribution in [1.82, 2.24) is 15.1 Å². The van der Waals surface area contributed by atoms with Crippen molar-refractivity contribution in [2.45, 2.75) is 110 Å². The highest BCUT2D eigenvalue weighted by Gasteiger charge is 2.41. The van der Waals surface area contributed by atoms with Crippen LogP contribution >= 0.6 is 0 Å². The summed E-state index contributed by atoms with van der Waals surface area (Å²) >= 11 is 0. The number of nitrogens with two attached hydrogens (primary N) is 1. The SMILES string of the molecule is CC[C@H](C)[C@@H]([C@@H](CC(=O)N1CCC[C@H]1[C@H](O)[C@@H](C)C(=O)N[C@H](C)C(O)c1ccccc1)OC)N(C)C(=O)[C@@H](N)C(C)C. The number of benzene rings is 1. The lowest BCUT2D eigenvalue weighted by molar-refractivity contribution is -0.146. The number of ether oxygens (including phenoxy) is 1. The highest BCUT2D eigenvalue weighted by Crippen LogP contribution is 2.28. The molecule has 0 aliphatic carbocycles. The Morgan fingerprint density at radius 2 is 1.74 bits per heavy atom. The lowest BCUT2D eigenvalue weighted by Crippen LogP contribution is -2.56. The number of amides is 3. The zero-order valence-corrected chi connectivity index (χ0v) is 26.7. The van der Waals surface area contributed by atoms with Crippen molar-refractivity contribution < 1.29 is 29.3 Å². The Hall–Kier alpha value is -2.53. The molecule has 1 fully saturated rings. The van der Waals surface area contributed by atoms with Gasteiger partial charge >= 0.3 is 0 Å². The molecule has 3 amide bonds. The summed E-state index contributed by atoms with van der Waals surface area (Å²) in [7, 11) is 3.26. The lowest BCUT2D eigenvalue weighted by atomic mass is 9.89. The summed E-state index contributed by atoms with van der Waals surface area (Å²) in [4.78, 5) is 43.2. The van der Waals surface area contributed by atoms with Gasteiger partial charge in [-0.2, -0.15) is 0 Å². The maximum atomic E-state index is 13.7. The van der Waals surface area contributed by atoms with Crippen molar-refractivity contribution >= 4 is 17.7 Å². The maximum Gasteiger partial charge on any atom is 0.239 e. The summed E-state index contributed by atoms with van der Waals surface area (Å²) in [6.07, 6.45) is -0.460. The van der Waals surface area contributed by atoms with Gasteiger partial charge in [-0.3, -0.25) is 14.4 Å². The minimum atomic E-state index is -1.09. The number of likely N-dealkylation sites (N-methyl/N-ethyl adjacent to an activating group) is 1. The van der Waals surface area contributed by atoms with Gasteiger partial charge in [0.15, 0.2) is 0 Å². The van der Waals surface area contributed by atoms with Crippen LogP contribution in [0, 0.1) is 17.8 Å². The normalized spacial score (nSPS) is 21.1. The van der Waals surface area contributed by atoms with Gasteiger partial charge in [-0.15, -0.1) is 0 Å². The third kappa shape index (κ3) is 8.75. The Bertz CT molecular complexity index is 1010. The molecule has 9 atom stereocenters. The molecular formula is C32H54N4O6. The van der Waals surface area contributed by atoms with E-state index in [2.05, 4.69) is 5.32 Å². The molecule has 42 heavy (non-hydrogen) atoms. The van der Waals surface area contributed by atoms with Crippen molar-refractivity contribution in [2.75, 3.05) is 20.7 Å². The van der Waals surface area contributed by atoms with Crippen LogP contribution in [0.2, 0.25) is 0 Å². The second kappa shape index (κ2) is 16.4. The number of likely N-dealkylation sites (tertiary alicyclic amines) is 1. The maximum absolute atomic E-state index is 13.7. The summed E-state index contributed by atoms with van der Waals surface area (Å²) in [5.74, 6) is -1.56. The topological polar surface area (TPSA) is 145 Å². The molecule has 0 radical (unpaired) electrons. The summed E-state index contributed by atoms with van der Waals surface area (Å²) in [5, 5.41) is 24.7. The highest BCUT2D eigenvalue weighted by molar-refractivity contribution is 5.82. The average Bonchev–Trinajstić information content (AvgIpc) is 3.48. The van der Waals surface area contributed by atoms with Gasteiger partial charge in [0, 0.05) is 20.7 Å². The van der Waals surface area contributed by atoms with E-state index in [9.17, 15) is 24.6 Å². The van der Waals surface area contributed by atoms with Crippen molar-refractivity contribution in [3.63, 3.8) is 0 Å². The Morgan fingerprint density at radius 3 is 2.29 bits per heavy atom. The number of hydrogen-bond donors (Lipinski definition) is 4. The first-order valence-corrected chi connectivity index (χ1v) is 15.3. The van der Waals surface area contributed by atoms with Gasteiger partial charge in [-0.25, -0.2) is 0 Å². The number of aliphatic hydroxyl groups excluding tert-OH is 2. The van der Waals surface area contributed by atoms with Crippen LogP contribution in [0.15, 0.2) is 30.3 Å². The minimum absolute atomic E-state index is 0.0317. The molecule has 238 valence electrons. The predicted octanol–water partition coefficient (Wildman–Crippen LogP) is 2.47. The zero-order valence-electron chi connectivity index (χ0n) is 26.7. The lowest BCUT2D eigenvalue weighted by Gasteiger charge is -2.40. The summed E-state index contributed by atoms with van der Waals surface area (Å²) in [5.41, 5.74) is 6.87. The molecule has 10 heteroatoms. The number of rotatable bonds is 15.